The SMILES string of the molecule is C1CCCCC1.NC(=O)Cc1cccc(NC(=O)c2ccccc2)c1.Nc1cc(C(F)(F)F)nc2ccccc12. The molecule has 0 bridgehead atoms. The molecule has 5 rings (SSSR count). The van der Waals surface area contributed by atoms with Crippen LogP contribution in [-0.2, 0) is 17.4 Å². The van der Waals surface area contributed by atoms with E-state index in [1.54, 1.807) is 66.7 Å². The first kappa shape index (κ1) is 30.1. The minimum atomic E-state index is -4.46. The number of fused-ring (bicyclic) bond motifs is 1. The maximum atomic E-state index is 12.4. The molecule has 3 aromatic carbocycles. The second-order valence-corrected chi connectivity index (χ2v) is 9.40. The van der Waals surface area contributed by atoms with Crippen LogP contribution in [0.2, 0.25) is 0 Å². The predicted molar refractivity (Wildman–Crippen MR) is 153 cm³/mol. The minimum Gasteiger partial charge on any atom is -0.398 e. The Balaban J connectivity index is 0.000000186. The molecule has 1 fully saturated rings. The standard InChI is InChI=1S/C15H14N2O2.C10H7F3N2.C6H12/c16-14(18)10-11-5-4-8-13(9-11)17-15(19)12-6-2-1-3-7-12;11-10(12,13)9-5-7(14)6-3-1-2-4-8(6)15-9;1-2-4-6-5-3-1/h1-9H,10H2,(H2,16,18)(H,17,19);1-5H,(H2,14,15);1-6H2. The number of nitrogens with one attached hydrogen (secondary N) is 1. The van der Waals surface area contributed by atoms with E-state index in [2.05, 4.69) is 10.3 Å². The van der Waals surface area contributed by atoms with E-state index in [9.17, 15) is 22.8 Å². The van der Waals surface area contributed by atoms with Crippen molar-refractivity contribution >= 4 is 34.1 Å². The molecule has 5 N–H and O–H groups in total. The van der Waals surface area contributed by atoms with Crippen molar-refractivity contribution in [1.82, 2.24) is 4.98 Å². The van der Waals surface area contributed by atoms with Crippen molar-refractivity contribution < 1.29 is 22.8 Å². The number of carbonyl (C=O) groups excluding carboxylic acids is 2. The maximum Gasteiger partial charge on any atom is 0.433 e. The molecule has 1 aliphatic rings. The van der Waals surface area contributed by atoms with Crippen LogP contribution < -0.4 is 16.8 Å². The number of aromatic nitrogens is 1. The lowest BCUT2D eigenvalue weighted by molar-refractivity contribution is -0.140. The molecule has 0 saturated heterocycles. The second kappa shape index (κ2) is 14.7. The van der Waals surface area contributed by atoms with Crippen LogP contribution in [0.25, 0.3) is 10.9 Å². The van der Waals surface area contributed by atoms with Gasteiger partial charge in [-0.25, -0.2) is 4.98 Å². The van der Waals surface area contributed by atoms with E-state index in [4.69, 9.17) is 11.5 Å². The topological polar surface area (TPSA) is 111 Å². The minimum absolute atomic E-state index is 0.0907. The number of halogens is 3. The first-order valence-electron chi connectivity index (χ1n) is 13.1. The summed E-state index contributed by atoms with van der Waals surface area (Å²) < 4.78 is 37.1. The summed E-state index contributed by atoms with van der Waals surface area (Å²) in [5, 5.41) is 3.31. The van der Waals surface area contributed by atoms with Gasteiger partial charge in [0.15, 0.2) is 0 Å². The molecule has 0 spiro atoms. The third-order valence-corrected chi connectivity index (χ3v) is 6.14. The summed E-state index contributed by atoms with van der Waals surface area (Å²) in [6.07, 6.45) is 4.70. The monoisotopic (exact) mass is 550 g/mol. The number of pyridine rings is 1. The second-order valence-electron chi connectivity index (χ2n) is 9.40. The van der Waals surface area contributed by atoms with Gasteiger partial charge < -0.3 is 16.8 Å². The molecule has 40 heavy (non-hydrogen) atoms. The van der Waals surface area contributed by atoms with Gasteiger partial charge in [0.05, 0.1) is 11.9 Å². The van der Waals surface area contributed by atoms with Gasteiger partial charge in [-0.05, 0) is 42.0 Å². The fourth-order valence-corrected chi connectivity index (χ4v) is 4.16. The van der Waals surface area contributed by atoms with Gasteiger partial charge in [0.1, 0.15) is 5.69 Å². The molecule has 0 radical (unpaired) electrons. The van der Waals surface area contributed by atoms with Crippen LogP contribution in [-0.4, -0.2) is 16.8 Å². The molecule has 1 aliphatic carbocycles. The molecule has 1 saturated carbocycles. The van der Waals surface area contributed by atoms with Gasteiger partial charge in [-0.2, -0.15) is 13.2 Å². The van der Waals surface area contributed by atoms with E-state index in [1.165, 1.54) is 44.6 Å². The highest BCUT2D eigenvalue weighted by atomic mass is 19.4. The van der Waals surface area contributed by atoms with Crippen LogP contribution in [0.5, 0.6) is 0 Å². The Morgan fingerprint density at radius 3 is 2.00 bits per heavy atom. The summed E-state index contributed by atoms with van der Waals surface area (Å²) in [4.78, 5) is 26.3. The largest absolute Gasteiger partial charge is 0.433 e. The van der Waals surface area contributed by atoms with Crippen molar-refractivity contribution in [1.29, 1.82) is 0 Å². The normalized spacial score (nSPS) is 12.8. The Hall–Kier alpha value is -4.40. The van der Waals surface area contributed by atoms with Crippen LogP contribution in [0.15, 0.2) is 84.9 Å². The zero-order chi connectivity index (χ0) is 29.0. The highest BCUT2D eigenvalue weighted by Crippen LogP contribution is 2.31. The third-order valence-electron chi connectivity index (χ3n) is 6.14. The summed E-state index contributed by atoms with van der Waals surface area (Å²) in [7, 11) is 0. The number of primary amides is 1. The number of benzene rings is 3. The molecule has 2 amide bonds. The molecular weight excluding hydrogens is 517 g/mol. The van der Waals surface area contributed by atoms with Crippen LogP contribution in [0, 0.1) is 0 Å². The summed E-state index contributed by atoms with van der Waals surface area (Å²) in [5.74, 6) is -0.580. The smallest absolute Gasteiger partial charge is 0.398 e. The average molecular weight is 551 g/mol. The highest BCUT2D eigenvalue weighted by molar-refractivity contribution is 6.04. The molecular formula is C31H33F3N4O2. The number of alkyl halides is 3. The number of nitrogens with two attached hydrogens (primary N) is 2. The van der Waals surface area contributed by atoms with Gasteiger partial charge >= 0.3 is 6.18 Å². The number of anilines is 2. The fraction of sp³-hybridized carbons (Fsp3) is 0.258. The quantitative estimate of drug-likeness (QED) is 0.251. The van der Waals surface area contributed by atoms with Gasteiger partial charge in [0.2, 0.25) is 5.91 Å². The summed E-state index contributed by atoms with van der Waals surface area (Å²) in [6, 6.07) is 23.3. The van der Waals surface area contributed by atoms with Crippen molar-refractivity contribution in [2.75, 3.05) is 11.1 Å². The zero-order valence-electron chi connectivity index (χ0n) is 22.1. The van der Waals surface area contributed by atoms with Gasteiger partial charge in [0.25, 0.3) is 5.91 Å². The Morgan fingerprint density at radius 2 is 1.40 bits per heavy atom. The number of carbonyl (C=O) groups is 2. The Labute approximate surface area is 231 Å². The molecule has 1 heterocycles. The number of nitrogen functional groups attached to an aromatic ring is 1. The molecule has 210 valence electrons. The molecule has 0 unspecified atom stereocenters. The van der Waals surface area contributed by atoms with Crippen molar-refractivity contribution in [2.24, 2.45) is 5.73 Å². The molecule has 0 aliphatic heterocycles. The lowest BCUT2D eigenvalue weighted by atomic mass is 10.0. The Morgan fingerprint density at radius 1 is 0.800 bits per heavy atom. The van der Waals surface area contributed by atoms with E-state index in [0.717, 1.165) is 11.6 Å². The zero-order valence-corrected chi connectivity index (χ0v) is 22.1. The maximum absolute atomic E-state index is 12.4. The molecule has 1 aromatic heterocycles. The van der Waals surface area contributed by atoms with Crippen molar-refractivity contribution in [3.8, 4) is 0 Å². The third kappa shape index (κ3) is 9.72. The summed E-state index contributed by atoms with van der Waals surface area (Å²) in [5.41, 5.74) is 12.0. The van der Waals surface area contributed by atoms with E-state index in [-0.39, 0.29) is 23.5 Å². The van der Waals surface area contributed by atoms with E-state index in [1.807, 2.05) is 6.07 Å². The van der Waals surface area contributed by atoms with Gasteiger partial charge in [-0.1, -0.05) is 87.1 Å². The molecule has 0 atom stereocenters. The van der Waals surface area contributed by atoms with Gasteiger partial charge in [-0.15, -0.1) is 0 Å². The summed E-state index contributed by atoms with van der Waals surface area (Å²) >= 11 is 0. The molecule has 4 aromatic rings. The Kier molecular flexibility index (Phi) is 11.1. The highest BCUT2D eigenvalue weighted by Gasteiger charge is 2.33. The van der Waals surface area contributed by atoms with Crippen LogP contribution in [0.4, 0.5) is 24.5 Å². The van der Waals surface area contributed by atoms with Crippen molar-refractivity contribution in [3.63, 3.8) is 0 Å². The summed E-state index contributed by atoms with van der Waals surface area (Å²) in [6.45, 7) is 0. The number of rotatable bonds is 4. The van der Waals surface area contributed by atoms with Crippen molar-refractivity contribution in [2.45, 2.75) is 51.1 Å². The van der Waals surface area contributed by atoms with E-state index in [0.29, 0.717) is 16.6 Å². The number of para-hydroxylation sites is 1. The first-order chi connectivity index (χ1) is 19.1. The lowest BCUT2D eigenvalue weighted by Crippen LogP contribution is -2.14. The van der Waals surface area contributed by atoms with Crippen LogP contribution in [0.1, 0.15) is 60.1 Å². The van der Waals surface area contributed by atoms with Gasteiger partial charge in [0, 0.05) is 22.3 Å². The first-order valence-corrected chi connectivity index (χ1v) is 13.1. The average Bonchev–Trinajstić information content (AvgIpc) is 2.94. The molecule has 6 nitrogen and oxygen atoms in total. The Bertz CT molecular complexity index is 1390. The van der Waals surface area contributed by atoms with Gasteiger partial charge in [-0.3, -0.25) is 9.59 Å². The van der Waals surface area contributed by atoms with Crippen molar-refractivity contribution in [3.05, 3.63) is 102 Å². The number of hydrogen-bond donors (Lipinski definition) is 3. The number of hydrogen-bond acceptors (Lipinski definition) is 4. The van der Waals surface area contributed by atoms with E-state index >= 15 is 0 Å². The van der Waals surface area contributed by atoms with Crippen LogP contribution >= 0.6 is 0 Å². The lowest BCUT2D eigenvalue weighted by Gasteiger charge is -2.08. The number of nitrogens with zero attached hydrogens (tertiary/aromatic N) is 1. The molecule has 9 heteroatoms. The number of amides is 2. The predicted octanol–water partition coefficient (Wildman–Crippen LogP) is 7.14. The van der Waals surface area contributed by atoms with Crippen LogP contribution in [0.3, 0.4) is 0 Å². The van der Waals surface area contributed by atoms with E-state index < -0.39 is 17.8 Å². The fourth-order valence-electron chi connectivity index (χ4n) is 4.16.